The van der Waals surface area contributed by atoms with Gasteiger partial charge in [0.2, 0.25) is 11.8 Å². The highest BCUT2D eigenvalue weighted by atomic mass is 16.5. The van der Waals surface area contributed by atoms with Crippen LogP contribution < -0.4 is 20.4 Å². The number of H-pyrrole nitrogens is 2. The molecule has 4 aliphatic rings. The number of benzene rings is 3. The third-order valence-corrected chi connectivity index (χ3v) is 15.9. The first-order chi connectivity index (χ1) is 37.4. The molecule has 0 aliphatic carbocycles. The van der Waals surface area contributed by atoms with Crippen molar-refractivity contribution in [1.82, 2.24) is 45.4 Å². The Hall–Kier alpha value is -7.73. The molecule has 4 aliphatic heterocycles. The second-order valence-electron chi connectivity index (χ2n) is 21.3. The number of nitrogens with one attached hydrogen (secondary N) is 4. The van der Waals surface area contributed by atoms with Crippen LogP contribution in [0.3, 0.4) is 0 Å². The Morgan fingerprint density at radius 1 is 0.545 bits per heavy atom. The van der Waals surface area contributed by atoms with E-state index in [2.05, 4.69) is 115 Å². The third kappa shape index (κ3) is 11.2. The van der Waals surface area contributed by atoms with E-state index >= 15 is 0 Å². The van der Waals surface area contributed by atoms with Gasteiger partial charge >= 0.3 is 12.2 Å². The largest absolute Gasteiger partial charge is 0.453 e. The summed E-state index contributed by atoms with van der Waals surface area (Å²) in [5.74, 6) is 1.89. The molecule has 18 nitrogen and oxygen atoms in total. The van der Waals surface area contributed by atoms with Crippen LogP contribution >= 0.6 is 0 Å². The number of ether oxygens (including phenoxy) is 3. The highest BCUT2D eigenvalue weighted by Gasteiger charge is 2.40. The number of amides is 4. The van der Waals surface area contributed by atoms with E-state index in [1.54, 1.807) is 0 Å². The molecule has 6 aromatic rings. The predicted octanol–water partition coefficient (Wildman–Crippen LogP) is 9.54. The van der Waals surface area contributed by atoms with Gasteiger partial charge in [-0.3, -0.25) is 9.59 Å². The average Bonchev–Trinajstić information content (AvgIpc) is 4.35. The first-order valence-corrected chi connectivity index (χ1v) is 27.2. The Balaban J connectivity index is 0.887. The van der Waals surface area contributed by atoms with Gasteiger partial charge in [0.05, 0.1) is 75.4 Å². The van der Waals surface area contributed by atoms with E-state index < -0.39 is 24.3 Å². The molecule has 10 rings (SSSR count). The second kappa shape index (κ2) is 23.3. The number of rotatable bonds is 15. The first-order valence-electron chi connectivity index (χ1n) is 27.2. The van der Waals surface area contributed by atoms with E-state index in [4.69, 9.17) is 29.2 Å². The van der Waals surface area contributed by atoms with Crippen LogP contribution in [0.5, 0.6) is 0 Å². The Bertz CT molecular complexity index is 2840. The number of carbonyl (C=O) groups excluding carboxylic acids is 4. The van der Waals surface area contributed by atoms with Crippen molar-refractivity contribution in [3.05, 3.63) is 126 Å². The SMILES string of the molecule is COC(=O)N[C@H](C(=O)N1CCC[C@H]1c1ncc(-c2ccc(C3CCC(c4ccc(-c5cnc([C@@H]6CCCN6C(=O)[C@@H](NC(=O)OC)C(C)C)[nH]5)cc4)N3c3ccc(-c4ccc(N5CCOCC5)nc4)cc3)cc2)[nH]1)C(C)C. The van der Waals surface area contributed by atoms with Crippen LogP contribution in [0.1, 0.15) is 113 Å². The summed E-state index contributed by atoms with van der Waals surface area (Å²) in [4.78, 5) is 82.0. The van der Waals surface area contributed by atoms with E-state index in [9.17, 15) is 19.2 Å². The van der Waals surface area contributed by atoms with Gasteiger partial charge in [-0.2, -0.15) is 0 Å². The number of hydrogen-bond donors (Lipinski definition) is 4. The minimum absolute atomic E-state index is 0.0854. The molecule has 7 heterocycles. The number of anilines is 2. The summed E-state index contributed by atoms with van der Waals surface area (Å²) in [6.45, 7) is 11.9. The van der Waals surface area contributed by atoms with Gasteiger partial charge in [-0.05, 0) is 102 Å². The molecule has 2 unspecified atom stereocenters. The molecule has 6 atom stereocenters. The highest BCUT2D eigenvalue weighted by molar-refractivity contribution is 5.87. The number of aromatic amines is 2. The number of pyridine rings is 1. The highest BCUT2D eigenvalue weighted by Crippen LogP contribution is 2.48. The molecule has 0 spiro atoms. The van der Waals surface area contributed by atoms with Gasteiger partial charge in [-0.15, -0.1) is 0 Å². The van der Waals surface area contributed by atoms with Crippen molar-refractivity contribution < 1.29 is 33.4 Å². The Morgan fingerprint density at radius 2 is 1.00 bits per heavy atom. The van der Waals surface area contributed by atoms with Gasteiger partial charge in [0.1, 0.15) is 29.6 Å². The quantitative estimate of drug-likeness (QED) is 0.0760. The van der Waals surface area contributed by atoms with Crippen molar-refractivity contribution in [3.8, 4) is 33.6 Å². The van der Waals surface area contributed by atoms with Gasteiger partial charge in [-0.25, -0.2) is 24.5 Å². The molecule has 4 N–H and O–H groups in total. The summed E-state index contributed by atoms with van der Waals surface area (Å²) in [6, 6.07) is 28.9. The molecule has 77 heavy (non-hydrogen) atoms. The summed E-state index contributed by atoms with van der Waals surface area (Å²) in [5.41, 5.74) is 9.42. The number of morpholine rings is 1. The van der Waals surface area contributed by atoms with Crippen molar-refractivity contribution in [1.29, 1.82) is 0 Å². The van der Waals surface area contributed by atoms with E-state index in [0.29, 0.717) is 26.3 Å². The van der Waals surface area contributed by atoms with Gasteiger partial charge < -0.3 is 54.4 Å². The molecule has 0 bridgehead atoms. The van der Waals surface area contributed by atoms with Crippen LogP contribution in [0.4, 0.5) is 21.1 Å². The molecule has 404 valence electrons. The minimum Gasteiger partial charge on any atom is -0.453 e. The maximum absolute atomic E-state index is 13.8. The molecule has 18 heteroatoms. The first kappa shape index (κ1) is 52.7. The molecule has 0 radical (unpaired) electrons. The number of methoxy groups -OCH3 is 2. The van der Waals surface area contributed by atoms with Crippen LogP contribution in [-0.4, -0.2) is 124 Å². The second-order valence-corrected chi connectivity index (χ2v) is 21.3. The monoisotopic (exact) mass is 1050 g/mol. The summed E-state index contributed by atoms with van der Waals surface area (Å²) in [7, 11) is 2.60. The minimum atomic E-state index is -0.707. The fourth-order valence-corrected chi connectivity index (χ4v) is 11.6. The van der Waals surface area contributed by atoms with Crippen LogP contribution in [0.15, 0.2) is 104 Å². The molecular formula is C59H71N11O7. The summed E-state index contributed by atoms with van der Waals surface area (Å²) < 4.78 is 15.2. The van der Waals surface area contributed by atoms with Crippen LogP contribution in [0.2, 0.25) is 0 Å². The maximum atomic E-state index is 13.8. The lowest BCUT2D eigenvalue weighted by molar-refractivity contribution is -0.136. The van der Waals surface area contributed by atoms with Crippen LogP contribution in [-0.2, 0) is 23.8 Å². The van der Waals surface area contributed by atoms with Crippen molar-refractivity contribution in [2.75, 3.05) is 63.4 Å². The molecule has 0 saturated carbocycles. The van der Waals surface area contributed by atoms with Crippen LogP contribution in [0, 0.1) is 11.8 Å². The average molecular weight is 1050 g/mol. The number of alkyl carbamates (subject to hydrolysis) is 2. The zero-order chi connectivity index (χ0) is 53.7. The number of imidazole rings is 2. The number of carbonyl (C=O) groups is 4. The van der Waals surface area contributed by atoms with E-state index in [1.165, 1.54) is 25.3 Å². The zero-order valence-electron chi connectivity index (χ0n) is 44.9. The summed E-state index contributed by atoms with van der Waals surface area (Å²) >= 11 is 0. The zero-order valence-corrected chi connectivity index (χ0v) is 44.9. The third-order valence-electron chi connectivity index (χ3n) is 15.9. The number of aromatic nitrogens is 5. The summed E-state index contributed by atoms with van der Waals surface area (Å²) in [6.07, 6.45) is 9.49. The van der Waals surface area contributed by atoms with Crippen molar-refractivity contribution in [3.63, 3.8) is 0 Å². The molecule has 4 amide bonds. The molecular weight excluding hydrogens is 975 g/mol. The molecule has 4 fully saturated rings. The lowest BCUT2D eigenvalue weighted by Gasteiger charge is -2.33. The van der Waals surface area contributed by atoms with Gasteiger partial charge in [0.15, 0.2) is 0 Å². The normalized spacial score (nSPS) is 20.4. The smallest absolute Gasteiger partial charge is 0.407 e. The van der Waals surface area contributed by atoms with Crippen molar-refractivity contribution in [2.24, 2.45) is 11.8 Å². The van der Waals surface area contributed by atoms with E-state index in [1.807, 2.05) is 56.1 Å². The van der Waals surface area contributed by atoms with Gasteiger partial charge in [0, 0.05) is 43.6 Å². The Kier molecular flexibility index (Phi) is 15.9. The Labute approximate surface area is 450 Å². The topological polar surface area (TPSA) is 203 Å². The Morgan fingerprint density at radius 3 is 1.43 bits per heavy atom. The van der Waals surface area contributed by atoms with Crippen LogP contribution in [0.25, 0.3) is 33.6 Å². The number of nitrogens with zero attached hydrogens (tertiary/aromatic N) is 7. The number of likely N-dealkylation sites (tertiary alicyclic amines) is 2. The fraction of sp³-hybridized carbons (Fsp3) is 0.441. The lowest BCUT2D eigenvalue weighted by atomic mass is 10.0. The fourth-order valence-electron chi connectivity index (χ4n) is 11.6. The molecule has 3 aromatic carbocycles. The van der Waals surface area contributed by atoms with E-state index in [0.717, 1.165) is 108 Å². The van der Waals surface area contributed by atoms with Gasteiger partial charge in [-0.1, -0.05) is 88.4 Å². The van der Waals surface area contributed by atoms with E-state index in [-0.39, 0.29) is 47.8 Å². The molecule has 4 saturated heterocycles. The maximum Gasteiger partial charge on any atom is 0.407 e. The molecule has 3 aromatic heterocycles. The standard InChI is InChI=1S/C59H71N11O7/c1-36(2)52(65-58(73)75-5)56(71)68-27-7-9-49(68)54-61-34-45(63-54)39-11-15-41(16-12-39)47-24-25-48(70(47)44-22-19-38(20-23-44)43-21-26-51(60-33-43)67-29-31-77-32-30-67)42-17-13-40(14-18-42)46-35-62-55(64-46)50-10-8-28-69(50)57(72)53(37(3)4)66-59(74)76-6/h11-23,26,33-37,47-50,52-53H,7-10,24-25,27-32H2,1-6H3,(H,61,63)(H,62,64)(H,65,73)(H,66,74)/t47?,48?,49-,50-,52-,53-/m0/s1. The number of hydrogen-bond acceptors (Lipinski definition) is 12. The van der Waals surface area contributed by atoms with Crippen molar-refractivity contribution >= 4 is 35.5 Å². The lowest BCUT2D eigenvalue weighted by Crippen LogP contribution is -2.51. The summed E-state index contributed by atoms with van der Waals surface area (Å²) in [5, 5.41) is 5.47. The predicted molar refractivity (Wildman–Crippen MR) is 294 cm³/mol. The van der Waals surface area contributed by atoms with Gasteiger partial charge in [0.25, 0.3) is 0 Å². The van der Waals surface area contributed by atoms with Crippen molar-refractivity contribution in [2.45, 2.75) is 102 Å².